The Hall–Kier alpha value is -3.28. The number of furan rings is 1. The number of carbonyl (C=O) groups is 1. The molecule has 1 N–H and O–H groups in total. The van der Waals surface area contributed by atoms with Crippen molar-refractivity contribution in [3.8, 4) is 5.75 Å². The first-order chi connectivity index (χ1) is 13.1. The number of ether oxygens (including phenoxy) is 1. The third-order valence-electron chi connectivity index (χ3n) is 5.24. The summed E-state index contributed by atoms with van der Waals surface area (Å²) in [6.07, 6.45) is 4.64. The van der Waals surface area contributed by atoms with Crippen LogP contribution >= 0.6 is 0 Å². The average molecular weight is 361 g/mol. The van der Waals surface area contributed by atoms with Crippen LogP contribution in [0.2, 0.25) is 0 Å². The van der Waals surface area contributed by atoms with Crippen molar-refractivity contribution in [2.75, 3.05) is 12.4 Å². The van der Waals surface area contributed by atoms with E-state index in [1.54, 1.807) is 11.8 Å². The second kappa shape index (κ2) is 5.87. The van der Waals surface area contributed by atoms with Gasteiger partial charge in [0, 0.05) is 36.0 Å². The maximum atomic E-state index is 12.7. The molecule has 1 saturated carbocycles. The first-order valence-corrected chi connectivity index (χ1v) is 8.92. The Balaban J connectivity index is 1.44. The number of fused-ring (bicyclic) bond motifs is 3. The molecule has 0 unspecified atom stereocenters. The summed E-state index contributed by atoms with van der Waals surface area (Å²) >= 11 is 0. The van der Waals surface area contributed by atoms with Gasteiger partial charge in [0.1, 0.15) is 16.9 Å². The molecule has 2 heterocycles. The summed E-state index contributed by atoms with van der Waals surface area (Å²) in [6.45, 7) is 0. The fourth-order valence-electron chi connectivity index (χ4n) is 3.73. The van der Waals surface area contributed by atoms with E-state index in [0.29, 0.717) is 11.4 Å². The van der Waals surface area contributed by atoms with Gasteiger partial charge in [-0.15, -0.1) is 0 Å². The van der Waals surface area contributed by atoms with Crippen molar-refractivity contribution in [3.63, 3.8) is 0 Å². The molecule has 1 aliphatic rings. The molecule has 27 heavy (non-hydrogen) atoms. The SMILES string of the molecule is COc1cc2c(cc1NC(=O)[C@H]1C[C@@H]1c1cnn(C)c1)oc1ccccc12. The van der Waals surface area contributed by atoms with Crippen LogP contribution in [0.1, 0.15) is 17.9 Å². The predicted octanol–water partition coefficient (Wildman–Crippen LogP) is 4.07. The van der Waals surface area contributed by atoms with Crippen molar-refractivity contribution < 1.29 is 13.9 Å². The normalized spacial score (nSPS) is 18.7. The van der Waals surface area contributed by atoms with E-state index in [1.165, 1.54) is 0 Å². The lowest BCUT2D eigenvalue weighted by atomic mass is 10.1. The van der Waals surface area contributed by atoms with Gasteiger partial charge in [0.2, 0.25) is 5.91 Å². The number of rotatable bonds is 4. The van der Waals surface area contributed by atoms with Crippen LogP contribution in [0.3, 0.4) is 0 Å². The van der Waals surface area contributed by atoms with Crippen LogP contribution in [0.5, 0.6) is 5.75 Å². The summed E-state index contributed by atoms with van der Waals surface area (Å²) in [7, 11) is 3.49. The smallest absolute Gasteiger partial charge is 0.228 e. The highest BCUT2D eigenvalue weighted by atomic mass is 16.5. The predicted molar refractivity (Wildman–Crippen MR) is 103 cm³/mol. The first-order valence-electron chi connectivity index (χ1n) is 8.92. The fraction of sp³-hybridized carbons (Fsp3) is 0.238. The van der Waals surface area contributed by atoms with Crippen molar-refractivity contribution in [1.82, 2.24) is 9.78 Å². The standard InChI is InChI=1S/C21H19N3O3/c1-24-11-12(10-22-24)14-7-16(14)21(25)23-17-9-19-15(8-20(17)26-2)13-5-3-4-6-18(13)27-19/h3-6,8-11,14,16H,7H2,1-2H3,(H,23,25)/t14-,16+/m1/s1. The third kappa shape index (κ3) is 2.65. The van der Waals surface area contributed by atoms with Crippen LogP contribution in [0, 0.1) is 5.92 Å². The molecule has 0 bridgehead atoms. The van der Waals surface area contributed by atoms with Gasteiger partial charge in [0.25, 0.3) is 0 Å². The first kappa shape index (κ1) is 15.9. The number of methoxy groups -OCH3 is 1. The molecule has 1 fully saturated rings. The van der Waals surface area contributed by atoms with Crippen LogP contribution in [0.25, 0.3) is 21.9 Å². The van der Waals surface area contributed by atoms with E-state index in [0.717, 1.165) is 33.9 Å². The molecule has 2 aromatic carbocycles. The van der Waals surface area contributed by atoms with Crippen molar-refractivity contribution >= 4 is 33.5 Å². The number of nitrogens with one attached hydrogen (secondary N) is 1. The van der Waals surface area contributed by atoms with E-state index in [2.05, 4.69) is 10.4 Å². The van der Waals surface area contributed by atoms with Crippen LogP contribution in [0.4, 0.5) is 5.69 Å². The largest absolute Gasteiger partial charge is 0.495 e. The molecule has 0 aliphatic heterocycles. The highest BCUT2D eigenvalue weighted by Gasteiger charge is 2.44. The lowest BCUT2D eigenvalue weighted by molar-refractivity contribution is -0.117. The van der Waals surface area contributed by atoms with E-state index in [4.69, 9.17) is 9.15 Å². The zero-order valence-electron chi connectivity index (χ0n) is 15.1. The summed E-state index contributed by atoms with van der Waals surface area (Å²) in [6, 6.07) is 11.6. The second-order valence-corrected chi connectivity index (χ2v) is 7.03. The zero-order chi connectivity index (χ0) is 18.5. The maximum absolute atomic E-state index is 12.7. The molecule has 0 saturated heterocycles. The average Bonchev–Trinajstić information content (AvgIpc) is 3.23. The number of aromatic nitrogens is 2. The minimum atomic E-state index is -0.0368. The van der Waals surface area contributed by atoms with Crippen LogP contribution in [0.15, 0.2) is 53.2 Å². The third-order valence-corrected chi connectivity index (χ3v) is 5.24. The lowest BCUT2D eigenvalue weighted by Crippen LogP contribution is -2.15. The fourth-order valence-corrected chi connectivity index (χ4v) is 3.73. The number of para-hydroxylation sites is 1. The summed E-state index contributed by atoms with van der Waals surface area (Å²) in [5.41, 5.74) is 3.28. The molecular formula is C21H19N3O3. The summed E-state index contributed by atoms with van der Waals surface area (Å²) in [5.74, 6) is 0.823. The van der Waals surface area contributed by atoms with E-state index < -0.39 is 0 Å². The van der Waals surface area contributed by atoms with E-state index in [9.17, 15) is 4.79 Å². The van der Waals surface area contributed by atoms with E-state index >= 15 is 0 Å². The lowest BCUT2D eigenvalue weighted by Gasteiger charge is -2.10. The zero-order valence-corrected chi connectivity index (χ0v) is 15.1. The Bertz CT molecular complexity index is 1170. The summed E-state index contributed by atoms with van der Waals surface area (Å²) < 4.78 is 13.2. The highest BCUT2D eigenvalue weighted by molar-refractivity contribution is 6.08. The van der Waals surface area contributed by atoms with Crippen molar-refractivity contribution in [2.45, 2.75) is 12.3 Å². The topological polar surface area (TPSA) is 69.3 Å². The number of aryl methyl sites for hydroxylation is 1. The van der Waals surface area contributed by atoms with Gasteiger partial charge in [-0.25, -0.2) is 0 Å². The quantitative estimate of drug-likeness (QED) is 0.595. The number of anilines is 1. The Morgan fingerprint density at radius 2 is 2.11 bits per heavy atom. The molecule has 2 aromatic heterocycles. The number of hydrogen-bond donors (Lipinski definition) is 1. The van der Waals surface area contributed by atoms with Crippen molar-refractivity contribution in [3.05, 3.63) is 54.4 Å². The molecule has 2 atom stereocenters. The minimum absolute atomic E-state index is 0.00221. The van der Waals surface area contributed by atoms with Crippen LogP contribution < -0.4 is 10.1 Å². The number of benzene rings is 2. The van der Waals surface area contributed by atoms with Crippen LogP contribution in [-0.2, 0) is 11.8 Å². The van der Waals surface area contributed by atoms with Gasteiger partial charge in [0.15, 0.2) is 0 Å². The highest BCUT2D eigenvalue weighted by Crippen LogP contribution is 2.48. The van der Waals surface area contributed by atoms with Gasteiger partial charge in [-0.1, -0.05) is 18.2 Å². The minimum Gasteiger partial charge on any atom is -0.495 e. The number of hydrogen-bond acceptors (Lipinski definition) is 4. The molecule has 6 nitrogen and oxygen atoms in total. The molecule has 0 radical (unpaired) electrons. The van der Waals surface area contributed by atoms with Crippen LogP contribution in [-0.4, -0.2) is 22.8 Å². The van der Waals surface area contributed by atoms with E-state index in [-0.39, 0.29) is 17.7 Å². The Kier molecular flexibility index (Phi) is 3.47. The Morgan fingerprint density at radius 3 is 2.89 bits per heavy atom. The van der Waals surface area contributed by atoms with Crippen molar-refractivity contribution in [2.24, 2.45) is 13.0 Å². The van der Waals surface area contributed by atoms with E-state index in [1.807, 2.05) is 55.8 Å². The number of carbonyl (C=O) groups excluding carboxylic acids is 1. The molecule has 1 amide bonds. The summed E-state index contributed by atoms with van der Waals surface area (Å²) in [5, 5.41) is 9.21. The Morgan fingerprint density at radius 1 is 1.26 bits per heavy atom. The van der Waals surface area contributed by atoms with Gasteiger partial charge in [0.05, 0.1) is 19.0 Å². The van der Waals surface area contributed by atoms with Gasteiger partial charge < -0.3 is 14.5 Å². The maximum Gasteiger partial charge on any atom is 0.228 e. The summed E-state index contributed by atoms with van der Waals surface area (Å²) in [4.78, 5) is 12.7. The molecule has 1 aliphatic carbocycles. The van der Waals surface area contributed by atoms with Crippen molar-refractivity contribution in [1.29, 1.82) is 0 Å². The molecule has 136 valence electrons. The van der Waals surface area contributed by atoms with Gasteiger partial charge >= 0.3 is 0 Å². The molecular weight excluding hydrogens is 342 g/mol. The van der Waals surface area contributed by atoms with Gasteiger partial charge in [-0.05, 0) is 30.0 Å². The second-order valence-electron chi connectivity index (χ2n) is 7.03. The number of amides is 1. The van der Waals surface area contributed by atoms with Gasteiger partial charge in [-0.3, -0.25) is 9.48 Å². The molecule has 4 aromatic rings. The molecule has 6 heteroatoms. The monoisotopic (exact) mass is 361 g/mol. The Labute approximate surface area is 155 Å². The molecule has 0 spiro atoms. The van der Waals surface area contributed by atoms with Gasteiger partial charge in [-0.2, -0.15) is 5.10 Å². The number of nitrogens with zero attached hydrogens (tertiary/aromatic N) is 2. The molecule has 5 rings (SSSR count).